The van der Waals surface area contributed by atoms with Crippen molar-refractivity contribution in [1.82, 2.24) is 9.78 Å². The van der Waals surface area contributed by atoms with Crippen molar-refractivity contribution in [2.45, 2.75) is 20.0 Å². The molecule has 0 spiro atoms. The Morgan fingerprint density at radius 3 is 2.30 bits per heavy atom. The average molecular weight is 303 g/mol. The minimum absolute atomic E-state index is 0.611. The molecule has 0 aliphatic rings. The van der Waals surface area contributed by atoms with Crippen molar-refractivity contribution in [2.75, 3.05) is 0 Å². The maximum absolute atomic E-state index is 10.7. The van der Waals surface area contributed by atoms with E-state index in [4.69, 9.17) is 5.26 Å². The Morgan fingerprint density at radius 2 is 1.70 bits per heavy atom. The first kappa shape index (κ1) is 15.0. The molecule has 4 heteroatoms. The molecule has 4 nitrogen and oxygen atoms in total. The summed E-state index contributed by atoms with van der Waals surface area (Å²) in [6.45, 7) is 3.84. The number of aryl methyl sites for hydroxylation is 1. The highest BCUT2D eigenvalue weighted by Crippen LogP contribution is 2.28. The summed E-state index contributed by atoms with van der Waals surface area (Å²) in [6.07, 6.45) is -0.705. The lowest BCUT2D eigenvalue weighted by atomic mass is 10.00. The second-order valence-electron chi connectivity index (χ2n) is 5.47. The largest absolute Gasteiger partial charge is 0.384 e. The van der Waals surface area contributed by atoms with Crippen molar-refractivity contribution in [1.29, 1.82) is 5.26 Å². The summed E-state index contributed by atoms with van der Waals surface area (Å²) >= 11 is 0. The third-order valence-electron chi connectivity index (χ3n) is 3.98. The first-order valence-corrected chi connectivity index (χ1v) is 7.41. The smallest absolute Gasteiger partial charge is 0.108 e. The van der Waals surface area contributed by atoms with E-state index in [9.17, 15) is 5.11 Å². The van der Waals surface area contributed by atoms with Crippen molar-refractivity contribution in [3.63, 3.8) is 0 Å². The fourth-order valence-electron chi connectivity index (χ4n) is 2.78. The molecule has 0 aliphatic heterocycles. The van der Waals surface area contributed by atoms with Crippen molar-refractivity contribution in [3.05, 3.63) is 82.7 Å². The van der Waals surface area contributed by atoms with Crippen LogP contribution in [0.4, 0.5) is 0 Å². The molecule has 23 heavy (non-hydrogen) atoms. The average Bonchev–Trinajstić information content (AvgIpc) is 2.89. The fourth-order valence-corrected chi connectivity index (χ4v) is 2.78. The number of nitriles is 1. The van der Waals surface area contributed by atoms with Gasteiger partial charge in [-0.15, -0.1) is 0 Å². The van der Waals surface area contributed by atoms with Crippen molar-refractivity contribution >= 4 is 0 Å². The molecule has 3 rings (SSSR count). The lowest BCUT2D eigenvalue weighted by molar-refractivity contribution is 0.218. The molecule has 1 N–H and O–H groups in total. The van der Waals surface area contributed by atoms with Gasteiger partial charge in [-0.1, -0.05) is 30.3 Å². The van der Waals surface area contributed by atoms with Crippen LogP contribution in [0.3, 0.4) is 0 Å². The zero-order valence-corrected chi connectivity index (χ0v) is 13.1. The maximum atomic E-state index is 10.7. The number of hydrogen-bond acceptors (Lipinski definition) is 3. The minimum Gasteiger partial charge on any atom is -0.384 e. The second kappa shape index (κ2) is 6.07. The van der Waals surface area contributed by atoms with E-state index in [0.29, 0.717) is 5.56 Å². The summed E-state index contributed by atoms with van der Waals surface area (Å²) < 4.78 is 1.80. The summed E-state index contributed by atoms with van der Waals surface area (Å²) in [4.78, 5) is 0. The summed E-state index contributed by atoms with van der Waals surface area (Å²) in [7, 11) is 0. The Labute approximate surface area is 135 Å². The molecule has 1 aromatic heterocycles. The van der Waals surface area contributed by atoms with Gasteiger partial charge < -0.3 is 5.11 Å². The van der Waals surface area contributed by atoms with Gasteiger partial charge >= 0.3 is 0 Å². The molecule has 0 saturated carbocycles. The van der Waals surface area contributed by atoms with Gasteiger partial charge in [-0.2, -0.15) is 10.4 Å². The fraction of sp³-hybridized carbons (Fsp3) is 0.158. The van der Waals surface area contributed by atoms with Crippen molar-refractivity contribution in [2.24, 2.45) is 0 Å². The highest BCUT2D eigenvalue weighted by Gasteiger charge is 2.21. The van der Waals surface area contributed by atoms with Crippen LogP contribution in [0.25, 0.3) is 5.69 Å². The normalized spacial score (nSPS) is 11.9. The Hall–Kier alpha value is -2.90. The van der Waals surface area contributed by atoms with E-state index in [2.05, 4.69) is 11.2 Å². The highest BCUT2D eigenvalue weighted by atomic mass is 16.3. The van der Waals surface area contributed by atoms with Gasteiger partial charge in [-0.3, -0.25) is 0 Å². The van der Waals surface area contributed by atoms with Crippen LogP contribution in [0.2, 0.25) is 0 Å². The molecule has 0 amide bonds. The van der Waals surface area contributed by atoms with E-state index in [-0.39, 0.29) is 0 Å². The zero-order chi connectivity index (χ0) is 16.4. The number of benzene rings is 2. The SMILES string of the molecule is Cc1nn(-c2ccc(C#N)cc2)c(C)c1C(O)c1ccccc1. The maximum Gasteiger partial charge on any atom is 0.108 e. The van der Waals surface area contributed by atoms with Crippen LogP contribution in [0.1, 0.15) is 34.2 Å². The zero-order valence-electron chi connectivity index (χ0n) is 13.1. The Balaban J connectivity index is 2.04. The van der Waals surface area contributed by atoms with E-state index in [1.54, 1.807) is 16.8 Å². The minimum atomic E-state index is -0.705. The second-order valence-corrected chi connectivity index (χ2v) is 5.47. The molecular weight excluding hydrogens is 286 g/mol. The number of aliphatic hydroxyl groups is 1. The molecular formula is C19H17N3O. The molecule has 1 heterocycles. The summed E-state index contributed by atoms with van der Waals surface area (Å²) in [6, 6.07) is 18.9. The predicted molar refractivity (Wildman–Crippen MR) is 88.3 cm³/mol. The quantitative estimate of drug-likeness (QED) is 0.806. The first-order valence-electron chi connectivity index (χ1n) is 7.41. The van der Waals surface area contributed by atoms with E-state index in [0.717, 1.165) is 28.2 Å². The monoisotopic (exact) mass is 303 g/mol. The van der Waals surface area contributed by atoms with Gasteiger partial charge in [-0.25, -0.2) is 4.68 Å². The molecule has 0 saturated heterocycles. The van der Waals surface area contributed by atoms with E-state index >= 15 is 0 Å². The lowest BCUT2D eigenvalue weighted by Crippen LogP contribution is -2.04. The van der Waals surface area contributed by atoms with E-state index in [1.165, 1.54) is 0 Å². The van der Waals surface area contributed by atoms with Crippen LogP contribution < -0.4 is 0 Å². The number of aliphatic hydroxyl groups excluding tert-OH is 1. The molecule has 0 radical (unpaired) electrons. The van der Waals surface area contributed by atoms with Crippen LogP contribution >= 0.6 is 0 Å². The number of hydrogen-bond donors (Lipinski definition) is 1. The van der Waals surface area contributed by atoms with Gasteiger partial charge in [0, 0.05) is 11.3 Å². The van der Waals surface area contributed by atoms with Crippen LogP contribution in [0, 0.1) is 25.2 Å². The molecule has 2 aromatic carbocycles. The molecule has 3 aromatic rings. The van der Waals surface area contributed by atoms with Gasteiger partial charge in [-0.05, 0) is 43.7 Å². The molecule has 0 fully saturated rings. The third kappa shape index (κ3) is 2.75. The topological polar surface area (TPSA) is 61.8 Å². The Bertz CT molecular complexity index is 858. The highest BCUT2D eigenvalue weighted by molar-refractivity contribution is 5.43. The van der Waals surface area contributed by atoms with E-state index in [1.807, 2.05) is 56.3 Å². The summed E-state index contributed by atoms with van der Waals surface area (Å²) in [5, 5.41) is 24.2. The molecule has 1 atom stereocenters. The van der Waals surface area contributed by atoms with E-state index < -0.39 is 6.10 Å². The standard InChI is InChI=1S/C19H17N3O/c1-13-18(19(23)16-6-4-3-5-7-16)14(2)22(21-13)17-10-8-15(12-20)9-11-17/h3-11,19,23H,1-2H3. The van der Waals surface area contributed by atoms with Gasteiger partial charge in [0.1, 0.15) is 6.10 Å². The number of aromatic nitrogens is 2. The third-order valence-corrected chi connectivity index (χ3v) is 3.98. The predicted octanol–water partition coefficient (Wildman–Crippen LogP) is 3.44. The molecule has 1 unspecified atom stereocenters. The Morgan fingerprint density at radius 1 is 1.04 bits per heavy atom. The lowest BCUT2D eigenvalue weighted by Gasteiger charge is -2.12. The van der Waals surface area contributed by atoms with Gasteiger partial charge in [0.2, 0.25) is 0 Å². The first-order chi connectivity index (χ1) is 11.1. The van der Waals surface area contributed by atoms with Crippen LogP contribution in [-0.4, -0.2) is 14.9 Å². The number of rotatable bonds is 3. The number of nitrogens with zero attached hydrogens (tertiary/aromatic N) is 3. The van der Waals surface area contributed by atoms with Gasteiger partial charge in [0.15, 0.2) is 0 Å². The van der Waals surface area contributed by atoms with Crippen LogP contribution in [-0.2, 0) is 0 Å². The summed E-state index contributed by atoms with van der Waals surface area (Å²) in [5.41, 5.74) is 4.83. The summed E-state index contributed by atoms with van der Waals surface area (Å²) in [5.74, 6) is 0. The van der Waals surface area contributed by atoms with Crippen LogP contribution in [0.5, 0.6) is 0 Å². The van der Waals surface area contributed by atoms with Crippen molar-refractivity contribution < 1.29 is 5.11 Å². The van der Waals surface area contributed by atoms with Gasteiger partial charge in [0.05, 0.1) is 23.0 Å². The molecule has 0 bridgehead atoms. The van der Waals surface area contributed by atoms with Crippen molar-refractivity contribution in [3.8, 4) is 11.8 Å². The van der Waals surface area contributed by atoms with Gasteiger partial charge in [0.25, 0.3) is 0 Å². The molecule has 114 valence electrons. The van der Waals surface area contributed by atoms with Crippen LogP contribution in [0.15, 0.2) is 54.6 Å². The Kier molecular flexibility index (Phi) is 3.96. The molecule has 0 aliphatic carbocycles.